The first kappa shape index (κ1) is 19.0. The number of rotatable bonds is 8. The zero-order chi connectivity index (χ0) is 17.3. The van der Waals surface area contributed by atoms with Gasteiger partial charge in [0.1, 0.15) is 0 Å². The first-order chi connectivity index (χ1) is 10.8. The third kappa shape index (κ3) is 7.65. The van der Waals surface area contributed by atoms with Gasteiger partial charge < -0.3 is 10.0 Å². The van der Waals surface area contributed by atoms with E-state index >= 15 is 0 Å². The van der Waals surface area contributed by atoms with E-state index in [0.29, 0.717) is 32.4 Å². The Balaban J connectivity index is 2.17. The van der Waals surface area contributed by atoms with Crippen LogP contribution in [0.15, 0.2) is 30.3 Å². The summed E-state index contributed by atoms with van der Waals surface area (Å²) in [5, 5.41) is 9.17. The van der Waals surface area contributed by atoms with Gasteiger partial charge in [0.25, 0.3) is 0 Å². The van der Waals surface area contributed by atoms with Crippen molar-refractivity contribution in [3.63, 3.8) is 0 Å². The summed E-state index contributed by atoms with van der Waals surface area (Å²) in [5.74, 6) is -0.196. The zero-order valence-corrected chi connectivity index (χ0v) is 14.0. The van der Waals surface area contributed by atoms with Crippen molar-refractivity contribution in [2.45, 2.75) is 52.2 Å². The molecule has 0 atom stereocenters. The van der Waals surface area contributed by atoms with Crippen molar-refractivity contribution in [2.75, 3.05) is 6.54 Å². The standard InChI is InChI=1S/C17H26N2O4/c1-17(2,3)19(16(21)22)12-8-7-11-15(20)18-23-13-14-9-5-4-6-10-14/h4-6,9-10H,7-8,11-13H2,1-3H3,(H,18,20)(H,21,22). The van der Waals surface area contributed by atoms with Gasteiger partial charge >= 0.3 is 6.09 Å². The molecule has 0 saturated carbocycles. The largest absolute Gasteiger partial charge is 0.465 e. The van der Waals surface area contributed by atoms with Crippen LogP contribution in [0.3, 0.4) is 0 Å². The molecule has 0 unspecified atom stereocenters. The first-order valence-corrected chi connectivity index (χ1v) is 7.76. The summed E-state index contributed by atoms with van der Waals surface area (Å²) in [7, 11) is 0. The van der Waals surface area contributed by atoms with E-state index in [0.717, 1.165) is 5.56 Å². The fourth-order valence-electron chi connectivity index (χ4n) is 2.10. The van der Waals surface area contributed by atoms with Crippen LogP contribution in [0.1, 0.15) is 45.6 Å². The van der Waals surface area contributed by atoms with E-state index in [1.54, 1.807) is 0 Å². The number of nitrogens with one attached hydrogen (secondary N) is 1. The Morgan fingerprint density at radius 3 is 2.39 bits per heavy atom. The van der Waals surface area contributed by atoms with Gasteiger partial charge in [-0.25, -0.2) is 10.3 Å². The Hall–Kier alpha value is -2.08. The van der Waals surface area contributed by atoms with Crippen LogP contribution in [0.2, 0.25) is 0 Å². The molecule has 0 fully saturated rings. The van der Waals surface area contributed by atoms with E-state index in [1.165, 1.54) is 4.90 Å². The number of carbonyl (C=O) groups is 2. The summed E-state index contributed by atoms with van der Waals surface area (Å²) in [5.41, 5.74) is 2.95. The summed E-state index contributed by atoms with van der Waals surface area (Å²) >= 11 is 0. The highest BCUT2D eigenvalue weighted by Crippen LogP contribution is 2.14. The molecule has 0 heterocycles. The Morgan fingerprint density at radius 2 is 1.83 bits per heavy atom. The summed E-state index contributed by atoms with van der Waals surface area (Å²) in [6.07, 6.45) is 0.621. The second-order valence-corrected chi connectivity index (χ2v) is 6.36. The van der Waals surface area contributed by atoms with Gasteiger partial charge in [0.15, 0.2) is 0 Å². The van der Waals surface area contributed by atoms with Crippen molar-refractivity contribution in [3.8, 4) is 0 Å². The monoisotopic (exact) mass is 322 g/mol. The minimum Gasteiger partial charge on any atom is -0.465 e. The molecule has 1 rings (SSSR count). The smallest absolute Gasteiger partial charge is 0.407 e. The quantitative estimate of drug-likeness (QED) is 0.569. The molecule has 0 saturated heterocycles. The van der Waals surface area contributed by atoms with E-state index in [2.05, 4.69) is 5.48 Å². The molecule has 0 spiro atoms. The highest BCUT2D eigenvalue weighted by Gasteiger charge is 2.25. The Morgan fingerprint density at radius 1 is 1.17 bits per heavy atom. The van der Waals surface area contributed by atoms with E-state index in [4.69, 9.17) is 9.94 Å². The number of unbranched alkanes of at least 4 members (excludes halogenated alkanes) is 1. The third-order valence-electron chi connectivity index (χ3n) is 3.34. The Labute approximate surface area is 137 Å². The molecule has 6 heteroatoms. The van der Waals surface area contributed by atoms with Crippen molar-refractivity contribution >= 4 is 12.0 Å². The normalized spacial score (nSPS) is 11.1. The van der Waals surface area contributed by atoms with E-state index < -0.39 is 11.6 Å². The van der Waals surface area contributed by atoms with Crippen molar-refractivity contribution in [3.05, 3.63) is 35.9 Å². The molecule has 128 valence electrons. The molecule has 0 aliphatic heterocycles. The third-order valence-corrected chi connectivity index (χ3v) is 3.34. The minimum atomic E-state index is -0.937. The number of carbonyl (C=O) groups excluding carboxylic acids is 1. The van der Waals surface area contributed by atoms with Gasteiger partial charge in [0.2, 0.25) is 5.91 Å². The number of hydroxylamine groups is 1. The first-order valence-electron chi connectivity index (χ1n) is 7.76. The maximum Gasteiger partial charge on any atom is 0.407 e. The predicted molar refractivity (Wildman–Crippen MR) is 87.7 cm³/mol. The summed E-state index contributed by atoms with van der Waals surface area (Å²) in [6, 6.07) is 9.56. The lowest BCUT2D eigenvalue weighted by molar-refractivity contribution is -0.134. The SMILES string of the molecule is CC(C)(C)N(CCCCC(=O)NOCc1ccccc1)C(=O)O. The fraction of sp³-hybridized carbons (Fsp3) is 0.529. The van der Waals surface area contributed by atoms with Crippen molar-refractivity contribution in [1.29, 1.82) is 0 Å². The van der Waals surface area contributed by atoms with Crippen LogP contribution in [0.5, 0.6) is 0 Å². The van der Waals surface area contributed by atoms with Crippen LogP contribution in [0.4, 0.5) is 4.79 Å². The molecule has 23 heavy (non-hydrogen) atoms. The molecular formula is C17H26N2O4. The molecule has 0 aliphatic carbocycles. The maximum atomic E-state index is 11.6. The zero-order valence-electron chi connectivity index (χ0n) is 14.0. The molecule has 0 aromatic heterocycles. The van der Waals surface area contributed by atoms with E-state index in [-0.39, 0.29) is 5.91 Å². The van der Waals surface area contributed by atoms with Crippen LogP contribution in [-0.4, -0.2) is 34.1 Å². The lowest BCUT2D eigenvalue weighted by Gasteiger charge is -2.33. The Bertz CT molecular complexity index is 497. The second-order valence-electron chi connectivity index (χ2n) is 6.36. The number of nitrogens with zero attached hydrogens (tertiary/aromatic N) is 1. The molecule has 2 N–H and O–H groups in total. The lowest BCUT2D eigenvalue weighted by Crippen LogP contribution is -2.45. The number of benzene rings is 1. The lowest BCUT2D eigenvalue weighted by atomic mass is 10.1. The highest BCUT2D eigenvalue weighted by atomic mass is 16.6. The number of hydrogen-bond acceptors (Lipinski definition) is 3. The molecule has 0 radical (unpaired) electrons. The second kappa shape index (κ2) is 9.15. The topological polar surface area (TPSA) is 78.9 Å². The van der Waals surface area contributed by atoms with Gasteiger partial charge in [0.05, 0.1) is 6.61 Å². The predicted octanol–water partition coefficient (Wildman–Crippen LogP) is 3.18. The average Bonchev–Trinajstić information content (AvgIpc) is 2.46. The summed E-state index contributed by atoms with van der Waals surface area (Å²) in [6.45, 7) is 6.29. The van der Waals surface area contributed by atoms with Gasteiger partial charge in [-0.2, -0.15) is 0 Å². The van der Waals surface area contributed by atoms with E-state index in [1.807, 2.05) is 51.1 Å². The van der Waals surface area contributed by atoms with Crippen molar-refractivity contribution < 1.29 is 19.5 Å². The minimum absolute atomic E-state index is 0.196. The number of carboxylic acid groups (broad SMARTS) is 1. The van der Waals surface area contributed by atoms with Gasteiger partial charge in [-0.15, -0.1) is 0 Å². The maximum absolute atomic E-state index is 11.6. The van der Waals surface area contributed by atoms with Crippen molar-refractivity contribution in [1.82, 2.24) is 10.4 Å². The molecule has 1 aromatic rings. The summed E-state index contributed by atoms with van der Waals surface area (Å²) in [4.78, 5) is 29.4. The number of hydrogen-bond donors (Lipinski definition) is 2. The Kier molecular flexibility index (Phi) is 7.54. The van der Waals surface area contributed by atoms with Crippen LogP contribution in [0.25, 0.3) is 0 Å². The average molecular weight is 322 g/mol. The van der Waals surface area contributed by atoms with Gasteiger partial charge in [-0.1, -0.05) is 30.3 Å². The van der Waals surface area contributed by atoms with Gasteiger partial charge in [0, 0.05) is 18.5 Å². The van der Waals surface area contributed by atoms with Gasteiger partial charge in [-0.3, -0.25) is 9.63 Å². The molecule has 1 aromatic carbocycles. The highest BCUT2D eigenvalue weighted by molar-refractivity contribution is 5.74. The summed E-state index contributed by atoms with van der Waals surface area (Å²) < 4.78 is 0. The van der Waals surface area contributed by atoms with Crippen molar-refractivity contribution in [2.24, 2.45) is 0 Å². The number of amides is 2. The fourth-order valence-corrected chi connectivity index (χ4v) is 2.10. The van der Waals surface area contributed by atoms with Gasteiger partial charge in [-0.05, 0) is 39.2 Å². The van der Waals surface area contributed by atoms with Crippen LogP contribution < -0.4 is 5.48 Å². The van der Waals surface area contributed by atoms with Crippen LogP contribution >= 0.6 is 0 Å². The molecule has 0 aliphatic rings. The molecule has 6 nitrogen and oxygen atoms in total. The van der Waals surface area contributed by atoms with Crippen LogP contribution in [-0.2, 0) is 16.2 Å². The van der Waals surface area contributed by atoms with Crippen LogP contribution in [0, 0.1) is 0 Å². The molecular weight excluding hydrogens is 296 g/mol. The molecule has 2 amide bonds. The van der Waals surface area contributed by atoms with E-state index in [9.17, 15) is 9.59 Å². The molecule has 0 bridgehead atoms.